The number of carbonyl (C=O) groups is 2. The van der Waals surface area contributed by atoms with Crippen LogP contribution >= 0.6 is 0 Å². The first kappa shape index (κ1) is 39.5. The van der Waals surface area contributed by atoms with Crippen LogP contribution in [0.2, 0.25) is 0 Å². The Labute approximate surface area is 271 Å². The van der Waals surface area contributed by atoms with Crippen LogP contribution < -0.4 is 40.0 Å². The molecule has 250 valence electrons. The number of ether oxygens (including phenoxy) is 5. The molecular formula is C23H38NNaO19. The molecule has 16 atom stereocenters. The average Bonchev–Trinajstić information content (AvgIpc) is 2.96. The van der Waals surface area contributed by atoms with Gasteiger partial charge in [-0.25, -0.2) is 0 Å². The minimum Gasteiger partial charge on any atom is -0.544 e. The number of rotatable bonds is 11. The van der Waals surface area contributed by atoms with Crippen molar-refractivity contribution in [2.75, 3.05) is 19.8 Å². The van der Waals surface area contributed by atoms with Gasteiger partial charge in [0.2, 0.25) is 11.7 Å². The van der Waals surface area contributed by atoms with Gasteiger partial charge in [0.15, 0.2) is 12.6 Å². The normalized spacial score (nSPS) is 44.2. The van der Waals surface area contributed by atoms with E-state index in [1.54, 1.807) is 0 Å². The summed E-state index contributed by atoms with van der Waals surface area (Å²) in [5.41, 5.74) is 0. The molecule has 20 nitrogen and oxygen atoms in total. The molecule has 12 N–H and O–H groups in total. The molecule has 1 amide bonds. The van der Waals surface area contributed by atoms with Crippen LogP contribution in [0.4, 0.5) is 0 Å². The maximum Gasteiger partial charge on any atom is 1.00 e. The van der Waals surface area contributed by atoms with E-state index in [-0.39, 0.29) is 29.6 Å². The molecule has 21 heteroatoms. The Morgan fingerprint density at radius 3 is 2.14 bits per heavy atom. The number of carboxylic acids is 1. The zero-order valence-electron chi connectivity index (χ0n) is 23.7. The molecule has 3 rings (SSSR count). The van der Waals surface area contributed by atoms with E-state index >= 15 is 0 Å². The third kappa shape index (κ3) is 8.41. The predicted octanol–water partition coefficient (Wildman–Crippen LogP) is -12.6. The van der Waals surface area contributed by atoms with Crippen molar-refractivity contribution >= 4 is 11.9 Å². The van der Waals surface area contributed by atoms with Crippen LogP contribution in [0.15, 0.2) is 0 Å². The van der Waals surface area contributed by atoms with Gasteiger partial charge in [-0.15, -0.1) is 0 Å². The van der Waals surface area contributed by atoms with Gasteiger partial charge in [-0.05, 0) is 0 Å². The van der Waals surface area contributed by atoms with E-state index in [9.17, 15) is 70.9 Å². The fourth-order valence-electron chi connectivity index (χ4n) is 5.04. The third-order valence-electron chi connectivity index (χ3n) is 7.45. The molecule has 0 aromatic heterocycles. The number of carbonyl (C=O) groups excluding carboxylic acids is 2. The summed E-state index contributed by atoms with van der Waals surface area (Å²) in [5, 5.41) is 126. The summed E-state index contributed by atoms with van der Waals surface area (Å²) in [7, 11) is 0. The molecule has 0 bridgehead atoms. The van der Waals surface area contributed by atoms with Crippen LogP contribution in [0.1, 0.15) is 13.3 Å². The van der Waals surface area contributed by atoms with E-state index in [1.165, 1.54) is 0 Å². The average molecular weight is 656 g/mol. The van der Waals surface area contributed by atoms with Crippen LogP contribution in [-0.2, 0) is 33.3 Å². The number of aliphatic hydroxyl groups is 11. The van der Waals surface area contributed by atoms with Crippen LogP contribution in [-0.4, -0.2) is 186 Å². The van der Waals surface area contributed by atoms with Gasteiger partial charge in [0.05, 0.1) is 32.0 Å². The fourth-order valence-corrected chi connectivity index (χ4v) is 5.04. The molecule has 0 radical (unpaired) electrons. The van der Waals surface area contributed by atoms with E-state index in [0.717, 1.165) is 6.92 Å². The fraction of sp³-hybridized carbons (Fsp3) is 0.913. The Hall–Kier alpha value is -0.700. The third-order valence-corrected chi connectivity index (χ3v) is 7.45. The predicted molar refractivity (Wildman–Crippen MR) is 127 cm³/mol. The van der Waals surface area contributed by atoms with Gasteiger partial charge in [-0.3, -0.25) is 4.79 Å². The summed E-state index contributed by atoms with van der Waals surface area (Å²) in [5.74, 6) is -5.83. The Morgan fingerprint density at radius 1 is 0.955 bits per heavy atom. The second-order valence-corrected chi connectivity index (χ2v) is 10.5. The zero-order valence-corrected chi connectivity index (χ0v) is 25.7. The molecular weight excluding hydrogens is 617 g/mol. The molecule has 0 spiro atoms. The van der Waals surface area contributed by atoms with Crippen LogP contribution in [0, 0.1) is 0 Å². The summed E-state index contributed by atoms with van der Waals surface area (Å²) in [6.07, 6.45) is -27.5. The monoisotopic (exact) mass is 655 g/mol. The molecule has 3 aliphatic rings. The van der Waals surface area contributed by atoms with Gasteiger partial charge in [0.1, 0.15) is 73.1 Å². The minimum atomic E-state index is -2.96. The number of nitrogens with one attached hydrogen (secondary N) is 1. The van der Waals surface area contributed by atoms with Gasteiger partial charge >= 0.3 is 29.6 Å². The number of carboxylic acid groups (broad SMARTS) is 1. The van der Waals surface area contributed by atoms with E-state index in [1.807, 2.05) is 0 Å². The Kier molecular flexibility index (Phi) is 14.7. The molecule has 0 aromatic carbocycles. The quantitative estimate of drug-likeness (QED) is 0.0919. The van der Waals surface area contributed by atoms with Gasteiger partial charge in [-0.2, -0.15) is 0 Å². The Bertz CT molecular complexity index is 949. The van der Waals surface area contributed by atoms with Crippen molar-refractivity contribution < 1.29 is 124 Å². The molecule has 3 saturated heterocycles. The zero-order chi connectivity index (χ0) is 32.4. The van der Waals surface area contributed by atoms with Gasteiger partial charge in [0, 0.05) is 13.3 Å². The topological polar surface area (TPSA) is 338 Å². The van der Waals surface area contributed by atoms with Crippen molar-refractivity contribution in [3.05, 3.63) is 0 Å². The van der Waals surface area contributed by atoms with E-state index in [2.05, 4.69) is 5.32 Å². The van der Waals surface area contributed by atoms with Crippen LogP contribution in [0.3, 0.4) is 0 Å². The first-order chi connectivity index (χ1) is 20.1. The van der Waals surface area contributed by atoms with Crippen LogP contribution in [0.25, 0.3) is 0 Å². The molecule has 3 aliphatic heterocycles. The number of aliphatic hydroxyl groups excluding tert-OH is 11. The number of aliphatic carboxylic acids is 1. The summed E-state index contributed by atoms with van der Waals surface area (Å²) in [4.78, 5) is 24.0. The minimum absolute atomic E-state index is 0. The van der Waals surface area contributed by atoms with Crippen molar-refractivity contribution in [3.8, 4) is 0 Å². The molecule has 0 saturated carbocycles. The molecule has 0 aliphatic carbocycles. The van der Waals surface area contributed by atoms with E-state index in [0.29, 0.717) is 0 Å². The first-order valence-corrected chi connectivity index (χ1v) is 13.2. The number of amides is 1. The van der Waals surface area contributed by atoms with E-state index in [4.69, 9.17) is 23.7 Å². The standard InChI is InChI=1S/C23H39NO19.Na/c1-6(27)24-11-7(28)2-23(22(37)38,43-19(11)12(30)8(29)3-25)39-5-10-18(15(33)16(34)20(36)40-10)42-21-17(35)14(32)13(31)9(4-26)41-21;/h7-21,25-26,28-36H,2-5H2,1H3,(H,24,27)(H,37,38);/q;+1/p-1/t7-,8+,9+,10+,11+,12+,13-,14+,15+,16+,17+,18+,19+,20?,21-,23-;/m0./s1. The maximum atomic E-state index is 12.3. The summed E-state index contributed by atoms with van der Waals surface area (Å²) >= 11 is 0. The SMILES string of the molecule is CC(=O)N[C@H]1[C@H]([C@H](O)[C@H](O)CO)O[C@](OC[C@H]2OC(O)[C@H](O)[C@@H](O)[C@@H]2O[C@@H]2O[C@H](CO)[C@H](O)[C@@H](O)[C@H]2O)(C(=O)[O-])C[C@@H]1O.[Na+]. The molecule has 44 heavy (non-hydrogen) atoms. The van der Waals surface area contributed by atoms with Gasteiger partial charge < -0.3 is 95.1 Å². The van der Waals surface area contributed by atoms with Crippen molar-refractivity contribution in [2.45, 2.75) is 111 Å². The van der Waals surface area contributed by atoms with Crippen molar-refractivity contribution in [3.63, 3.8) is 0 Å². The summed E-state index contributed by atoms with van der Waals surface area (Å²) in [6.45, 7) is -1.85. The largest absolute Gasteiger partial charge is 1.00 e. The second-order valence-electron chi connectivity index (χ2n) is 10.5. The molecule has 3 heterocycles. The second kappa shape index (κ2) is 16.4. The smallest absolute Gasteiger partial charge is 0.544 e. The molecule has 0 aromatic rings. The molecule has 1 unspecified atom stereocenters. The van der Waals surface area contributed by atoms with Crippen molar-refractivity contribution in [2.24, 2.45) is 0 Å². The first-order valence-electron chi connectivity index (χ1n) is 13.2. The Morgan fingerprint density at radius 2 is 1.59 bits per heavy atom. The summed E-state index contributed by atoms with van der Waals surface area (Å²) in [6, 6.07) is -1.52. The molecule has 3 fully saturated rings. The van der Waals surface area contributed by atoms with Crippen LogP contribution in [0.5, 0.6) is 0 Å². The number of hydrogen-bond acceptors (Lipinski definition) is 19. The maximum absolute atomic E-state index is 12.3. The Balaban J connectivity index is 0.00000675. The number of hydrogen-bond donors (Lipinski definition) is 12. The summed E-state index contributed by atoms with van der Waals surface area (Å²) < 4.78 is 26.7. The van der Waals surface area contributed by atoms with E-state index < -0.39 is 136 Å². The van der Waals surface area contributed by atoms with Gasteiger partial charge in [0.25, 0.3) is 0 Å². The van der Waals surface area contributed by atoms with Gasteiger partial charge in [-0.1, -0.05) is 0 Å². The van der Waals surface area contributed by atoms with Crippen molar-refractivity contribution in [1.29, 1.82) is 0 Å². The van der Waals surface area contributed by atoms with Crippen molar-refractivity contribution in [1.82, 2.24) is 5.32 Å².